The van der Waals surface area contributed by atoms with Gasteiger partial charge in [-0.15, -0.1) is 0 Å². The summed E-state index contributed by atoms with van der Waals surface area (Å²) in [7, 11) is 0.0153. The number of anilines is 2. The number of halogens is 3. The summed E-state index contributed by atoms with van der Waals surface area (Å²) < 4.78 is 79.0. The SMILES string of the molecule is CCC(=O)N(C)S(=O)(=O)c1ccc(NCC#Cc2cc3c(NC4CCN(CC(O)COC)CC4)cccc3n2CC(F)(F)F)c(OC)c1. The Labute approximate surface area is 279 Å². The molecule has 0 spiro atoms. The maximum atomic E-state index is 13.7. The van der Waals surface area contributed by atoms with Gasteiger partial charge < -0.3 is 34.7 Å². The van der Waals surface area contributed by atoms with Crippen molar-refractivity contribution in [2.75, 3.05) is 64.7 Å². The van der Waals surface area contributed by atoms with Gasteiger partial charge in [-0.25, -0.2) is 12.7 Å². The molecule has 11 nitrogen and oxygen atoms in total. The number of likely N-dealkylation sites (tertiary alicyclic amines) is 1. The Balaban J connectivity index is 1.51. The van der Waals surface area contributed by atoms with Crippen LogP contribution < -0.4 is 15.4 Å². The summed E-state index contributed by atoms with van der Waals surface area (Å²) in [6.07, 6.45) is -3.40. The van der Waals surface area contributed by atoms with Crippen LogP contribution in [0.1, 0.15) is 31.9 Å². The Hall–Kier alpha value is -3.97. The van der Waals surface area contributed by atoms with Gasteiger partial charge in [0.05, 0.1) is 48.2 Å². The Morgan fingerprint density at radius 3 is 2.52 bits per heavy atom. The standard InChI is InChI=1S/C33H42F3N5O6S/c1-5-32(43)39(2)48(44,45)26-11-12-29(31(19-26)47-4)37-15-7-8-24-18-27-28(9-6-10-30(27)41(24)22-33(34,35)36)38-23-13-16-40(17-14-23)20-25(42)21-46-3/h6,9-12,18-19,23,25,37-38,42H,5,13-17,20-22H2,1-4H3. The van der Waals surface area contributed by atoms with Crippen LogP contribution in [0.3, 0.4) is 0 Å². The molecule has 1 atom stereocenters. The molecule has 1 aliphatic heterocycles. The lowest BCUT2D eigenvalue weighted by Gasteiger charge is -2.34. The Morgan fingerprint density at radius 2 is 1.88 bits per heavy atom. The second-order valence-electron chi connectivity index (χ2n) is 11.5. The van der Waals surface area contributed by atoms with Crippen molar-refractivity contribution in [3.63, 3.8) is 0 Å². The van der Waals surface area contributed by atoms with Crippen molar-refractivity contribution in [2.45, 2.75) is 55.9 Å². The first kappa shape index (κ1) is 36.9. The molecule has 1 aliphatic rings. The van der Waals surface area contributed by atoms with Crippen LogP contribution in [-0.2, 0) is 26.1 Å². The fourth-order valence-corrected chi connectivity index (χ4v) is 6.86. The van der Waals surface area contributed by atoms with Crippen LogP contribution in [-0.4, -0.2) is 106 Å². The number of nitrogens with one attached hydrogen (secondary N) is 2. The van der Waals surface area contributed by atoms with Crippen molar-refractivity contribution in [1.82, 2.24) is 13.8 Å². The number of methoxy groups -OCH3 is 2. The van der Waals surface area contributed by atoms with Gasteiger partial charge in [-0.1, -0.05) is 18.9 Å². The number of aromatic nitrogens is 1. The number of sulfonamides is 1. The molecule has 1 aromatic heterocycles. The van der Waals surface area contributed by atoms with E-state index in [0.29, 0.717) is 27.4 Å². The van der Waals surface area contributed by atoms with E-state index in [2.05, 4.69) is 27.4 Å². The zero-order valence-corrected chi connectivity index (χ0v) is 28.2. The molecule has 0 aliphatic carbocycles. The van der Waals surface area contributed by atoms with E-state index in [-0.39, 0.29) is 42.0 Å². The van der Waals surface area contributed by atoms with E-state index in [4.69, 9.17) is 9.47 Å². The average molecular weight is 694 g/mol. The number of piperidine rings is 1. The number of ether oxygens (including phenoxy) is 2. The number of amides is 1. The van der Waals surface area contributed by atoms with Gasteiger partial charge in [0.2, 0.25) is 5.91 Å². The fraction of sp³-hybridized carbons (Fsp3) is 0.485. The molecule has 1 unspecified atom stereocenters. The van der Waals surface area contributed by atoms with Crippen molar-refractivity contribution < 1.29 is 41.0 Å². The molecular weight excluding hydrogens is 651 g/mol. The summed E-state index contributed by atoms with van der Waals surface area (Å²) >= 11 is 0. The van der Waals surface area contributed by atoms with Crippen molar-refractivity contribution >= 4 is 38.2 Å². The lowest BCUT2D eigenvalue weighted by atomic mass is 10.0. The van der Waals surface area contributed by atoms with E-state index < -0.39 is 34.8 Å². The van der Waals surface area contributed by atoms with Crippen LogP contribution >= 0.6 is 0 Å². The van der Waals surface area contributed by atoms with E-state index in [0.717, 1.165) is 36.2 Å². The Morgan fingerprint density at radius 1 is 1.15 bits per heavy atom. The van der Waals surface area contributed by atoms with Gasteiger partial charge in [0.1, 0.15) is 12.3 Å². The number of β-amino-alcohol motifs (C(OH)–C–C–N with tert-alkyl or cyclic N) is 1. The van der Waals surface area contributed by atoms with Crippen molar-refractivity contribution in [3.05, 3.63) is 48.2 Å². The van der Waals surface area contributed by atoms with Gasteiger partial charge in [-0.2, -0.15) is 13.2 Å². The van der Waals surface area contributed by atoms with Crippen LogP contribution in [0.15, 0.2) is 47.4 Å². The lowest BCUT2D eigenvalue weighted by Crippen LogP contribution is -2.43. The molecule has 262 valence electrons. The minimum absolute atomic E-state index is 0.0206. The molecule has 1 fully saturated rings. The Bertz CT molecular complexity index is 1740. The van der Waals surface area contributed by atoms with Crippen LogP contribution in [0.4, 0.5) is 24.5 Å². The highest BCUT2D eigenvalue weighted by molar-refractivity contribution is 7.89. The number of aliphatic hydroxyl groups excluding tert-OH is 1. The first-order valence-electron chi connectivity index (χ1n) is 15.5. The molecule has 1 saturated heterocycles. The van der Waals surface area contributed by atoms with E-state index >= 15 is 0 Å². The topological polar surface area (TPSA) is 125 Å². The molecule has 2 heterocycles. The minimum Gasteiger partial charge on any atom is -0.495 e. The first-order valence-corrected chi connectivity index (χ1v) is 17.0. The second-order valence-corrected chi connectivity index (χ2v) is 13.5. The van der Waals surface area contributed by atoms with Crippen LogP contribution in [0.25, 0.3) is 10.9 Å². The van der Waals surface area contributed by atoms with Gasteiger partial charge in [-0.3, -0.25) is 4.79 Å². The second kappa shape index (κ2) is 16.0. The molecule has 3 aromatic rings. The number of aliphatic hydroxyl groups is 1. The third-order valence-corrected chi connectivity index (χ3v) is 9.90. The molecule has 0 radical (unpaired) electrons. The molecule has 3 N–H and O–H groups in total. The quantitative estimate of drug-likeness (QED) is 0.227. The largest absolute Gasteiger partial charge is 0.495 e. The smallest absolute Gasteiger partial charge is 0.406 e. The molecule has 0 saturated carbocycles. The first-order chi connectivity index (χ1) is 22.8. The van der Waals surface area contributed by atoms with E-state index in [1.54, 1.807) is 32.2 Å². The van der Waals surface area contributed by atoms with Crippen molar-refractivity contribution in [1.29, 1.82) is 0 Å². The number of hydrogen-bond donors (Lipinski definition) is 3. The third-order valence-electron chi connectivity index (χ3n) is 8.13. The summed E-state index contributed by atoms with van der Waals surface area (Å²) in [5.41, 5.74) is 1.73. The number of fused-ring (bicyclic) bond motifs is 1. The minimum atomic E-state index is -4.48. The molecule has 48 heavy (non-hydrogen) atoms. The molecule has 4 rings (SSSR count). The summed E-state index contributed by atoms with van der Waals surface area (Å²) in [6.45, 7) is 2.70. The van der Waals surface area contributed by atoms with Crippen LogP contribution in [0.2, 0.25) is 0 Å². The number of alkyl halides is 3. The third kappa shape index (κ3) is 9.13. The molecule has 15 heteroatoms. The maximum absolute atomic E-state index is 13.7. The number of carbonyl (C=O) groups is 1. The number of benzene rings is 2. The average Bonchev–Trinajstić information content (AvgIpc) is 3.39. The highest BCUT2D eigenvalue weighted by Crippen LogP contribution is 2.32. The Kier molecular flexibility index (Phi) is 12.2. The molecule has 1 amide bonds. The summed E-state index contributed by atoms with van der Waals surface area (Å²) in [5.74, 6) is 5.37. The summed E-state index contributed by atoms with van der Waals surface area (Å²) in [5, 5.41) is 17.2. The summed E-state index contributed by atoms with van der Waals surface area (Å²) in [4.78, 5) is 14.0. The zero-order chi connectivity index (χ0) is 35.1. The van der Waals surface area contributed by atoms with Gasteiger partial charge in [-0.05, 0) is 49.1 Å². The van der Waals surface area contributed by atoms with Crippen molar-refractivity contribution in [2.24, 2.45) is 0 Å². The number of carbonyl (C=O) groups excluding carboxylic acids is 1. The number of rotatable bonds is 13. The monoisotopic (exact) mass is 693 g/mol. The van der Waals surface area contributed by atoms with E-state index in [1.807, 2.05) is 6.07 Å². The predicted octanol–water partition coefficient (Wildman–Crippen LogP) is 4.12. The van der Waals surface area contributed by atoms with Crippen LogP contribution in [0.5, 0.6) is 5.75 Å². The molecular formula is C33H42F3N5O6S. The van der Waals surface area contributed by atoms with E-state index in [9.17, 15) is 31.5 Å². The number of nitrogens with zero attached hydrogens (tertiary/aromatic N) is 3. The molecule has 2 aromatic carbocycles. The molecule has 0 bridgehead atoms. The lowest BCUT2D eigenvalue weighted by molar-refractivity contribution is -0.140. The van der Waals surface area contributed by atoms with Gasteiger partial charge >= 0.3 is 6.18 Å². The zero-order valence-electron chi connectivity index (χ0n) is 27.4. The van der Waals surface area contributed by atoms with E-state index in [1.165, 1.54) is 32.4 Å². The number of hydrogen-bond acceptors (Lipinski definition) is 9. The summed E-state index contributed by atoms with van der Waals surface area (Å²) in [6, 6.07) is 11.1. The normalized spacial score (nSPS) is 15.1. The highest BCUT2D eigenvalue weighted by Gasteiger charge is 2.30. The van der Waals surface area contributed by atoms with Gasteiger partial charge in [0, 0.05) is 63.4 Å². The fourth-order valence-electron chi connectivity index (χ4n) is 5.65. The van der Waals surface area contributed by atoms with Gasteiger partial charge in [0.25, 0.3) is 10.0 Å². The van der Waals surface area contributed by atoms with Crippen LogP contribution in [0, 0.1) is 11.8 Å². The van der Waals surface area contributed by atoms with Gasteiger partial charge in [0.15, 0.2) is 0 Å². The highest BCUT2D eigenvalue weighted by atomic mass is 32.2. The maximum Gasteiger partial charge on any atom is 0.406 e. The van der Waals surface area contributed by atoms with Crippen molar-refractivity contribution in [3.8, 4) is 17.6 Å². The predicted molar refractivity (Wildman–Crippen MR) is 178 cm³/mol.